The number of rotatable bonds is 6. The molecule has 1 aromatic rings. The summed E-state index contributed by atoms with van der Waals surface area (Å²) >= 11 is 5.90. The second-order valence-corrected chi connectivity index (χ2v) is 7.22. The summed E-state index contributed by atoms with van der Waals surface area (Å²) in [5.74, 6) is 0. The number of halogens is 1. The Balaban J connectivity index is 2.62. The van der Waals surface area contributed by atoms with Gasteiger partial charge in [-0.1, -0.05) is 23.7 Å². The van der Waals surface area contributed by atoms with Crippen molar-refractivity contribution >= 4 is 17.7 Å². The molecule has 0 aromatic heterocycles. The van der Waals surface area contributed by atoms with E-state index in [0.717, 1.165) is 12.1 Å². The number of carbonyl (C=O) groups excluding carboxylic acids is 1. The highest BCUT2D eigenvalue weighted by molar-refractivity contribution is 6.30. The number of likely N-dealkylation sites (N-methyl/N-ethyl adjacent to an activating group) is 1. The maximum absolute atomic E-state index is 11.9. The molecule has 1 amide bonds. The molecule has 5 nitrogen and oxygen atoms in total. The van der Waals surface area contributed by atoms with Crippen molar-refractivity contribution in [1.29, 1.82) is 0 Å². The van der Waals surface area contributed by atoms with E-state index >= 15 is 0 Å². The van der Waals surface area contributed by atoms with Gasteiger partial charge in [-0.15, -0.1) is 0 Å². The van der Waals surface area contributed by atoms with Gasteiger partial charge in [-0.05, 0) is 52.4 Å². The quantitative estimate of drug-likeness (QED) is 0.834. The van der Waals surface area contributed by atoms with Crippen LogP contribution in [-0.2, 0) is 11.3 Å². The predicted octanol–water partition coefficient (Wildman–Crippen LogP) is 3.01. The molecule has 0 aliphatic carbocycles. The van der Waals surface area contributed by atoms with Gasteiger partial charge in [-0.3, -0.25) is 4.90 Å². The molecule has 0 aliphatic rings. The lowest BCUT2D eigenvalue weighted by Crippen LogP contribution is -2.53. The van der Waals surface area contributed by atoms with E-state index in [9.17, 15) is 4.79 Å². The van der Waals surface area contributed by atoms with Gasteiger partial charge in [0.25, 0.3) is 0 Å². The van der Waals surface area contributed by atoms with E-state index in [4.69, 9.17) is 22.1 Å². The normalized spacial score (nSPS) is 14.4. The van der Waals surface area contributed by atoms with E-state index < -0.39 is 11.7 Å². The van der Waals surface area contributed by atoms with Crippen LogP contribution in [0.5, 0.6) is 0 Å². The molecule has 0 saturated heterocycles. The number of nitrogens with one attached hydrogen (secondary N) is 1. The number of ether oxygens (including phenoxy) is 1. The van der Waals surface area contributed by atoms with Gasteiger partial charge in [0, 0.05) is 30.2 Å². The van der Waals surface area contributed by atoms with Crippen molar-refractivity contribution in [2.75, 3.05) is 13.6 Å². The summed E-state index contributed by atoms with van der Waals surface area (Å²) in [6.45, 7) is 8.60. The van der Waals surface area contributed by atoms with Crippen LogP contribution in [0.25, 0.3) is 0 Å². The first-order chi connectivity index (χ1) is 10.6. The number of nitrogens with two attached hydrogens (primary N) is 1. The summed E-state index contributed by atoms with van der Waals surface area (Å²) in [5, 5.41) is 3.57. The van der Waals surface area contributed by atoms with Crippen LogP contribution < -0.4 is 11.1 Å². The zero-order valence-corrected chi connectivity index (χ0v) is 15.4. The fourth-order valence-electron chi connectivity index (χ4n) is 2.35. The molecule has 130 valence electrons. The highest BCUT2D eigenvalue weighted by Crippen LogP contribution is 2.13. The maximum Gasteiger partial charge on any atom is 0.407 e. The summed E-state index contributed by atoms with van der Waals surface area (Å²) in [5.41, 5.74) is 6.52. The Labute approximate surface area is 144 Å². The molecule has 1 aromatic carbocycles. The third-order valence-corrected chi connectivity index (χ3v) is 3.73. The second-order valence-electron chi connectivity index (χ2n) is 6.78. The molecule has 0 saturated carbocycles. The van der Waals surface area contributed by atoms with Crippen LogP contribution >= 0.6 is 11.6 Å². The third-order valence-electron chi connectivity index (χ3n) is 3.47. The minimum atomic E-state index is -0.517. The molecular formula is C17H28ClN3O2. The number of amides is 1. The molecule has 0 heterocycles. The van der Waals surface area contributed by atoms with Crippen LogP contribution in [0.4, 0.5) is 4.79 Å². The van der Waals surface area contributed by atoms with E-state index in [1.807, 2.05) is 59.0 Å². The maximum atomic E-state index is 11.9. The molecule has 0 bridgehead atoms. The van der Waals surface area contributed by atoms with Crippen molar-refractivity contribution in [3.63, 3.8) is 0 Å². The van der Waals surface area contributed by atoms with Crippen LogP contribution in [0.3, 0.4) is 0 Å². The van der Waals surface area contributed by atoms with Gasteiger partial charge in [0.15, 0.2) is 0 Å². The first kappa shape index (κ1) is 19.7. The number of alkyl carbamates (subject to hydrolysis) is 1. The van der Waals surface area contributed by atoms with Crippen LogP contribution in [0, 0.1) is 0 Å². The fraction of sp³-hybridized carbons (Fsp3) is 0.588. The Morgan fingerprint density at radius 1 is 1.35 bits per heavy atom. The third kappa shape index (κ3) is 7.20. The SMILES string of the molecule is CC(NC(=O)OC(C)(C)C)C(CN)N(C)Cc1ccc(Cl)cc1. The van der Waals surface area contributed by atoms with Gasteiger partial charge in [0.05, 0.1) is 0 Å². The van der Waals surface area contributed by atoms with Crippen LogP contribution in [-0.4, -0.2) is 42.3 Å². The van der Waals surface area contributed by atoms with Crippen molar-refractivity contribution in [2.45, 2.75) is 51.9 Å². The average molecular weight is 342 g/mol. The summed E-state index contributed by atoms with van der Waals surface area (Å²) in [6.07, 6.45) is -0.427. The Hall–Kier alpha value is -1.30. The highest BCUT2D eigenvalue weighted by Gasteiger charge is 2.24. The number of hydrogen-bond donors (Lipinski definition) is 2. The molecule has 3 N–H and O–H groups in total. The molecular weight excluding hydrogens is 314 g/mol. The number of carbonyl (C=O) groups is 1. The Bertz CT molecular complexity index is 500. The van der Waals surface area contributed by atoms with Gasteiger partial charge in [-0.2, -0.15) is 0 Å². The second kappa shape index (κ2) is 8.52. The topological polar surface area (TPSA) is 67.6 Å². The van der Waals surface area contributed by atoms with Gasteiger partial charge in [0.1, 0.15) is 5.60 Å². The summed E-state index contributed by atoms with van der Waals surface area (Å²) < 4.78 is 5.29. The van der Waals surface area contributed by atoms with Crippen molar-refractivity contribution in [3.05, 3.63) is 34.9 Å². The molecule has 6 heteroatoms. The van der Waals surface area contributed by atoms with Crippen LogP contribution in [0.1, 0.15) is 33.3 Å². The van der Waals surface area contributed by atoms with Crippen molar-refractivity contribution in [3.8, 4) is 0 Å². The molecule has 0 fully saturated rings. The largest absolute Gasteiger partial charge is 0.444 e. The molecule has 0 spiro atoms. The fourth-order valence-corrected chi connectivity index (χ4v) is 2.48. The van der Waals surface area contributed by atoms with E-state index in [1.54, 1.807) is 0 Å². The number of benzene rings is 1. The van der Waals surface area contributed by atoms with Crippen molar-refractivity contribution < 1.29 is 9.53 Å². The Morgan fingerprint density at radius 3 is 2.39 bits per heavy atom. The van der Waals surface area contributed by atoms with Gasteiger partial charge in [-0.25, -0.2) is 4.79 Å². The highest BCUT2D eigenvalue weighted by atomic mass is 35.5. The number of hydrogen-bond acceptors (Lipinski definition) is 4. The lowest BCUT2D eigenvalue weighted by molar-refractivity contribution is 0.0476. The van der Waals surface area contributed by atoms with Gasteiger partial charge in [0.2, 0.25) is 0 Å². The van der Waals surface area contributed by atoms with Gasteiger partial charge >= 0.3 is 6.09 Å². The predicted molar refractivity (Wildman–Crippen MR) is 94.6 cm³/mol. The van der Waals surface area contributed by atoms with Crippen molar-refractivity contribution in [1.82, 2.24) is 10.2 Å². The van der Waals surface area contributed by atoms with E-state index in [1.165, 1.54) is 0 Å². The van der Waals surface area contributed by atoms with Gasteiger partial charge < -0.3 is 15.8 Å². The molecule has 2 atom stereocenters. The van der Waals surface area contributed by atoms with E-state index in [-0.39, 0.29) is 12.1 Å². The van der Waals surface area contributed by atoms with Crippen molar-refractivity contribution in [2.24, 2.45) is 5.73 Å². The molecule has 0 aliphatic heterocycles. The van der Waals surface area contributed by atoms with Crippen LogP contribution in [0.15, 0.2) is 24.3 Å². The molecule has 23 heavy (non-hydrogen) atoms. The minimum Gasteiger partial charge on any atom is -0.444 e. The minimum absolute atomic E-state index is 0.00167. The monoisotopic (exact) mass is 341 g/mol. The summed E-state index contributed by atoms with van der Waals surface area (Å²) in [6, 6.07) is 7.57. The van der Waals surface area contributed by atoms with Crippen LogP contribution in [0.2, 0.25) is 5.02 Å². The molecule has 0 radical (unpaired) electrons. The molecule has 2 unspecified atom stereocenters. The lowest BCUT2D eigenvalue weighted by atomic mass is 10.1. The lowest BCUT2D eigenvalue weighted by Gasteiger charge is -2.33. The smallest absolute Gasteiger partial charge is 0.407 e. The zero-order chi connectivity index (χ0) is 17.6. The Kier molecular flexibility index (Phi) is 7.32. The number of nitrogens with zero attached hydrogens (tertiary/aromatic N) is 1. The zero-order valence-electron chi connectivity index (χ0n) is 14.6. The Morgan fingerprint density at radius 2 is 1.91 bits per heavy atom. The van der Waals surface area contributed by atoms with E-state index in [0.29, 0.717) is 11.6 Å². The summed E-state index contributed by atoms with van der Waals surface area (Å²) in [4.78, 5) is 14.0. The first-order valence-electron chi connectivity index (χ1n) is 7.76. The first-order valence-corrected chi connectivity index (χ1v) is 8.14. The summed E-state index contributed by atoms with van der Waals surface area (Å²) in [7, 11) is 1.99. The average Bonchev–Trinajstić information content (AvgIpc) is 2.39. The molecule has 1 rings (SSSR count). The van der Waals surface area contributed by atoms with E-state index in [2.05, 4.69) is 10.2 Å². The standard InChI is InChI=1S/C17H28ClN3O2/c1-12(20-16(22)23-17(2,3)4)15(10-19)21(5)11-13-6-8-14(18)9-7-13/h6-9,12,15H,10-11,19H2,1-5H3,(H,20,22).